The van der Waals surface area contributed by atoms with E-state index < -0.39 is 11.7 Å². The van der Waals surface area contributed by atoms with E-state index in [0.717, 1.165) is 11.8 Å². The predicted octanol–water partition coefficient (Wildman–Crippen LogP) is 4.16. The fourth-order valence-electron chi connectivity index (χ4n) is 3.46. The minimum atomic E-state index is -0.554. The first-order valence-electron chi connectivity index (χ1n) is 9.35. The Bertz CT molecular complexity index is 1180. The molecule has 0 saturated carbocycles. The number of hydrogen-bond donors (Lipinski definition) is 1. The monoisotopic (exact) mass is 427 g/mol. The number of amides is 2. The summed E-state index contributed by atoms with van der Waals surface area (Å²) in [5.41, 5.74) is 2.34. The molecule has 1 aliphatic rings. The Morgan fingerprint density at radius 1 is 1.27 bits per heavy atom. The first kappa shape index (κ1) is 20.0. The molecule has 0 bridgehead atoms. The van der Waals surface area contributed by atoms with Gasteiger partial charge in [0.1, 0.15) is 11.5 Å². The highest BCUT2D eigenvalue weighted by molar-refractivity contribution is 6.31. The summed E-state index contributed by atoms with van der Waals surface area (Å²) in [5, 5.41) is 7.49. The Labute approximate surface area is 177 Å². The van der Waals surface area contributed by atoms with Gasteiger partial charge in [0, 0.05) is 22.8 Å². The summed E-state index contributed by atoms with van der Waals surface area (Å²) in [7, 11) is 0. The molecule has 3 heterocycles. The van der Waals surface area contributed by atoms with Crippen LogP contribution in [0.4, 0.5) is 15.8 Å². The van der Waals surface area contributed by atoms with Gasteiger partial charge >= 0.3 is 0 Å². The van der Waals surface area contributed by atoms with Crippen molar-refractivity contribution in [3.05, 3.63) is 70.0 Å². The zero-order valence-electron chi connectivity index (χ0n) is 16.6. The van der Waals surface area contributed by atoms with E-state index in [-0.39, 0.29) is 34.5 Å². The Hall–Kier alpha value is -3.26. The first-order valence-corrected chi connectivity index (χ1v) is 9.72. The molecule has 0 saturated heterocycles. The van der Waals surface area contributed by atoms with E-state index in [2.05, 4.69) is 15.4 Å². The second kappa shape index (κ2) is 7.53. The topological polar surface area (TPSA) is 80.1 Å². The normalized spacial score (nSPS) is 15.8. The number of halogens is 2. The van der Waals surface area contributed by atoms with Crippen molar-refractivity contribution >= 4 is 34.8 Å². The zero-order valence-corrected chi connectivity index (χ0v) is 17.4. The van der Waals surface area contributed by atoms with Gasteiger partial charge in [0.05, 0.1) is 35.9 Å². The van der Waals surface area contributed by atoms with Crippen LogP contribution < -0.4 is 10.2 Å². The Morgan fingerprint density at radius 2 is 2.03 bits per heavy atom. The average molecular weight is 428 g/mol. The SMILES string of the molecule is Cc1cc(N2C[C@H](C)n3ncc(C(=O)Nc4cncc(F)c4C)c3C2=O)ccc1Cl. The molecule has 7 nitrogen and oxygen atoms in total. The summed E-state index contributed by atoms with van der Waals surface area (Å²) >= 11 is 6.11. The average Bonchev–Trinajstić information content (AvgIpc) is 3.17. The molecule has 3 aromatic rings. The molecule has 30 heavy (non-hydrogen) atoms. The Kier molecular flexibility index (Phi) is 5.03. The van der Waals surface area contributed by atoms with Gasteiger partial charge in [0.2, 0.25) is 0 Å². The van der Waals surface area contributed by atoms with Crippen molar-refractivity contribution in [1.29, 1.82) is 0 Å². The summed E-state index contributed by atoms with van der Waals surface area (Å²) in [5.74, 6) is -1.42. The molecule has 1 aromatic carbocycles. The molecular formula is C21H19ClFN5O2. The lowest BCUT2D eigenvalue weighted by Gasteiger charge is -2.32. The molecule has 1 atom stereocenters. The van der Waals surface area contributed by atoms with E-state index in [4.69, 9.17) is 11.6 Å². The van der Waals surface area contributed by atoms with Crippen LogP contribution in [0.1, 0.15) is 44.9 Å². The number of hydrogen-bond acceptors (Lipinski definition) is 4. The van der Waals surface area contributed by atoms with Crippen molar-refractivity contribution < 1.29 is 14.0 Å². The van der Waals surface area contributed by atoms with Crippen molar-refractivity contribution in [1.82, 2.24) is 14.8 Å². The molecule has 0 radical (unpaired) electrons. The van der Waals surface area contributed by atoms with Crippen LogP contribution in [0.2, 0.25) is 5.02 Å². The van der Waals surface area contributed by atoms with Gasteiger partial charge < -0.3 is 10.2 Å². The van der Waals surface area contributed by atoms with Crippen molar-refractivity contribution in [3.8, 4) is 0 Å². The maximum atomic E-state index is 13.8. The van der Waals surface area contributed by atoms with Crippen LogP contribution in [-0.4, -0.2) is 33.1 Å². The van der Waals surface area contributed by atoms with Crippen LogP contribution in [0.3, 0.4) is 0 Å². The maximum absolute atomic E-state index is 13.8. The molecule has 1 aliphatic heterocycles. The van der Waals surface area contributed by atoms with Gasteiger partial charge in [-0.1, -0.05) is 11.6 Å². The zero-order chi connectivity index (χ0) is 21.6. The maximum Gasteiger partial charge on any atom is 0.277 e. The van der Waals surface area contributed by atoms with Crippen molar-refractivity contribution in [2.45, 2.75) is 26.8 Å². The largest absolute Gasteiger partial charge is 0.320 e. The number of carbonyl (C=O) groups excluding carboxylic acids is 2. The summed E-state index contributed by atoms with van der Waals surface area (Å²) in [4.78, 5) is 31.6. The molecule has 0 spiro atoms. The van der Waals surface area contributed by atoms with Gasteiger partial charge in [-0.3, -0.25) is 19.3 Å². The van der Waals surface area contributed by atoms with Crippen molar-refractivity contribution in [2.24, 2.45) is 0 Å². The van der Waals surface area contributed by atoms with Gasteiger partial charge in [-0.25, -0.2) is 4.39 Å². The van der Waals surface area contributed by atoms with Crippen molar-refractivity contribution in [3.63, 3.8) is 0 Å². The summed E-state index contributed by atoms with van der Waals surface area (Å²) in [6, 6.07) is 5.20. The standard InChI is InChI=1S/C21H19ClFN5O2/c1-11-6-14(4-5-16(11)22)27-10-12(2)28-19(21(27)30)15(7-25-28)20(29)26-18-9-24-8-17(23)13(18)3/h4-9,12H,10H2,1-3H3,(H,26,29)/t12-/m0/s1. The van der Waals surface area contributed by atoms with Crippen LogP contribution >= 0.6 is 11.6 Å². The molecule has 2 aromatic heterocycles. The number of nitrogens with zero attached hydrogens (tertiary/aromatic N) is 4. The van der Waals surface area contributed by atoms with E-state index >= 15 is 0 Å². The molecule has 4 rings (SSSR count). The Morgan fingerprint density at radius 3 is 2.77 bits per heavy atom. The fraction of sp³-hybridized carbons (Fsp3) is 0.238. The molecule has 0 unspecified atom stereocenters. The lowest BCUT2D eigenvalue weighted by Crippen LogP contribution is -2.43. The number of carbonyl (C=O) groups is 2. The number of aromatic nitrogens is 3. The summed E-state index contributed by atoms with van der Waals surface area (Å²) in [6.07, 6.45) is 3.79. The number of aryl methyl sites for hydroxylation is 1. The first-order chi connectivity index (χ1) is 14.3. The summed E-state index contributed by atoms with van der Waals surface area (Å²) in [6.45, 7) is 5.73. The van der Waals surface area contributed by atoms with Crippen LogP contribution in [0.5, 0.6) is 0 Å². The molecule has 9 heteroatoms. The van der Waals surface area contributed by atoms with E-state index in [9.17, 15) is 14.0 Å². The smallest absolute Gasteiger partial charge is 0.277 e. The van der Waals surface area contributed by atoms with Gasteiger partial charge in [0.25, 0.3) is 11.8 Å². The van der Waals surface area contributed by atoms with E-state index in [0.29, 0.717) is 17.3 Å². The number of nitrogens with one attached hydrogen (secondary N) is 1. The molecular weight excluding hydrogens is 409 g/mol. The van der Waals surface area contributed by atoms with E-state index in [1.54, 1.807) is 21.7 Å². The number of fused-ring (bicyclic) bond motifs is 1. The third kappa shape index (κ3) is 3.33. The van der Waals surface area contributed by atoms with Crippen molar-refractivity contribution in [2.75, 3.05) is 16.8 Å². The molecule has 154 valence electrons. The molecule has 0 aliphatic carbocycles. The second-order valence-electron chi connectivity index (χ2n) is 7.30. The minimum absolute atomic E-state index is 0.117. The van der Waals surface area contributed by atoms with Crippen LogP contribution in [0, 0.1) is 19.7 Å². The van der Waals surface area contributed by atoms with Gasteiger partial charge in [-0.2, -0.15) is 5.10 Å². The third-order valence-corrected chi connectivity index (χ3v) is 5.63. The molecule has 1 N–H and O–H groups in total. The highest BCUT2D eigenvalue weighted by Gasteiger charge is 2.35. The van der Waals surface area contributed by atoms with Gasteiger partial charge in [-0.05, 0) is 44.5 Å². The van der Waals surface area contributed by atoms with E-state index in [1.807, 2.05) is 19.9 Å². The number of anilines is 2. The summed E-state index contributed by atoms with van der Waals surface area (Å²) < 4.78 is 15.3. The van der Waals surface area contributed by atoms with Gasteiger partial charge in [-0.15, -0.1) is 0 Å². The van der Waals surface area contributed by atoms with Crippen LogP contribution in [0.25, 0.3) is 0 Å². The molecule has 0 fully saturated rings. The lowest BCUT2D eigenvalue weighted by atomic mass is 10.1. The highest BCUT2D eigenvalue weighted by atomic mass is 35.5. The van der Waals surface area contributed by atoms with Crippen LogP contribution in [0.15, 0.2) is 36.8 Å². The number of rotatable bonds is 3. The quantitative estimate of drug-likeness (QED) is 0.680. The molecule has 2 amide bonds. The highest BCUT2D eigenvalue weighted by Crippen LogP contribution is 2.30. The minimum Gasteiger partial charge on any atom is -0.320 e. The second-order valence-corrected chi connectivity index (χ2v) is 7.70. The lowest BCUT2D eigenvalue weighted by molar-refractivity contribution is 0.0939. The van der Waals surface area contributed by atoms with Crippen LogP contribution in [-0.2, 0) is 0 Å². The number of benzene rings is 1. The fourth-order valence-corrected chi connectivity index (χ4v) is 3.58. The Balaban J connectivity index is 1.70. The number of pyridine rings is 1. The third-order valence-electron chi connectivity index (χ3n) is 5.21. The van der Waals surface area contributed by atoms with E-state index in [1.165, 1.54) is 19.3 Å². The predicted molar refractivity (Wildman–Crippen MR) is 112 cm³/mol. The van der Waals surface area contributed by atoms with Gasteiger partial charge in [0.15, 0.2) is 0 Å².